The van der Waals surface area contributed by atoms with Crippen molar-refractivity contribution in [3.8, 4) is 0 Å². The van der Waals surface area contributed by atoms with Crippen LogP contribution < -0.4 is 0 Å². The molecule has 18 heavy (non-hydrogen) atoms. The van der Waals surface area contributed by atoms with E-state index in [-0.39, 0.29) is 11.7 Å². The summed E-state index contributed by atoms with van der Waals surface area (Å²) in [5.74, 6) is -0.308. The molecule has 0 saturated carbocycles. The highest BCUT2D eigenvalue weighted by molar-refractivity contribution is 5.94. The smallest absolute Gasteiger partial charge is 0.339 e. The molecular weight excluding hydrogens is 234 g/mol. The Bertz CT molecular complexity index is 587. The fourth-order valence-corrected chi connectivity index (χ4v) is 2.26. The molecule has 1 fully saturated rings. The van der Waals surface area contributed by atoms with Gasteiger partial charge in [0.25, 0.3) is 0 Å². The summed E-state index contributed by atoms with van der Waals surface area (Å²) in [6.07, 6.45) is 4.75. The first kappa shape index (κ1) is 11.2. The zero-order chi connectivity index (χ0) is 12.5. The molecule has 1 aliphatic heterocycles. The lowest BCUT2D eigenvalue weighted by Crippen LogP contribution is -2.14. The molecule has 3 rings (SSSR count). The van der Waals surface area contributed by atoms with Gasteiger partial charge in [0.2, 0.25) is 0 Å². The highest BCUT2D eigenvalue weighted by atomic mass is 16.5. The zero-order valence-electron chi connectivity index (χ0n) is 9.74. The molecule has 2 aromatic heterocycles. The Kier molecular flexibility index (Phi) is 2.71. The van der Waals surface area contributed by atoms with Gasteiger partial charge in [-0.05, 0) is 31.4 Å². The Hall–Kier alpha value is -1.95. The van der Waals surface area contributed by atoms with Crippen LogP contribution in [0.15, 0.2) is 18.3 Å². The van der Waals surface area contributed by atoms with E-state index in [9.17, 15) is 4.79 Å². The van der Waals surface area contributed by atoms with Crippen LogP contribution in [0.25, 0.3) is 5.65 Å². The first-order valence-electron chi connectivity index (χ1n) is 5.96. The first-order chi connectivity index (χ1) is 8.77. The van der Waals surface area contributed by atoms with Crippen LogP contribution in [0.1, 0.15) is 41.5 Å². The summed E-state index contributed by atoms with van der Waals surface area (Å²) < 4.78 is 7.37. The van der Waals surface area contributed by atoms with Crippen LogP contribution in [-0.4, -0.2) is 32.3 Å². The fraction of sp³-hybridized carbons (Fsp3) is 0.417. The van der Waals surface area contributed by atoms with Crippen LogP contribution >= 0.6 is 0 Å². The third-order valence-corrected chi connectivity index (χ3v) is 3.16. The van der Waals surface area contributed by atoms with Crippen molar-refractivity contribution in [3.63, 3.8) is 0 Å². The molecule has 0 radical (unpaired) electrons. The van der Waals surface area contributed by atoms with Crippen molar-refractivity contribution in [2.75, 3.05) is 6.61 Å². The van der Waals surface area contributed by atoms with E-state index in [0.29, 0.717) is 11.5 Å². The average molecular weight is 247 g/mol. The van der Waals surface area contributed by atoms with Crippen molar-refractivity contribution in [2.24, 2.45) is 0 Å². The molecule has 0 aliphatic carbocycles. The number of aromatic carboxylic acids is 1. The molecule has 1 unspecified atom stereocenters. The normalized spacial score (nSPS) is 20.1. The second-order valence-electron chi connectivity index (χ2n) is 4.33. The van der Waals surface area contributed by atoms with Gasteiger partial charge in [-0.3, -0.25) is 4.40 Å². The molecule has 1 atom stereocenters. The Morgan fingerprint density at radius 1 is 1.44 bits per heavy atom. The predicted molar refractivity (Wildman–Crippen MR) is 62.5 cm³/mol. The fourth-order valence-electron chi connectivity index (χ4n) is 2.26. The van der Waals surface area contributed by atoms with Gasteiger partial charge in [0.05, 0.1) is 0 Å². The largest absolute Gasteiger partial charge is 0.478 e. The van der Waals surface area contributed by atoms with E-state index in [1.165, 1.54) is 6.07 Å². The maximum atomic E-state index is 11.1. The number of aromatic nitrogens is 3. The van der Waals surface area contributed by atoms with Gasteiger partial charge in [-0.15, -0.1) is 10.2 Å². The van der Waals surface area contributed by atoms with Gasteiger partial charge >= 0.3 is 5.97 Å². The van der Waals surface area contributed by atoms with Gasteiger partial charge in [0.15, 0.2) is 11.5 Å². The van der Waals surface area contributed by atoms with Gasteiger partial charge < -0.3 is 9.84 Å². The number of fused-ring (bicyclic) bond motifs is 1. The summed E-state index contributed by atoms with van der Waals surface area (Å²) in [7, 11) is 0. The molecule has 6 heteroatoms. The predicted octanol–water partition coefficient (Wildman–Crippen LogP) is 1.67. The van der Waals surface area contributed by atoms with E-state index in [1.807, 2.05) is 0 Å². The molecule has 94 valence electrons. The third kappa shape index (κ3) is 1.74. The molecule has 0 amide bonds. The monoisotopic (exact) mass is 247 g/mol. The van der Waals surface area contributed by atoms with Crippen molar-refractivity contribution >= 4 is 11.6 Å². The molecule has 0 spiro atoms. The van der Waals surface area contributed by atoms with Crippen molar-refractivity contribution in [3.05, 3.63) is 29.7 Å². The molecule has 1 aliphatic rings. The highest BCUT2D eigenvalue weighted by Crippen LogP contribution is 2.27. The molecule has 2 aromatic rings. The first-order valence-corrected chi connectivity index (χ1v) is 5.96. The lowest BCUT2D eigenvalue weighted by molar-refractivity contribution is 0.00884. The van der Waals surface area contributed by atoms with Gasteiger partial charge in [-0.1, -0.05) is 0 Å². The van der Waals surface area contributed by atoms with Crippen LogP contribution in [-0.2, 0) is 4.74 Å². The summed E-state index contributed by atoms with van der Waals surface area (Å²) >= 11 is 0. The summed E-state index contributed by atoms with van der Waals surface area (Å²) in [5.41, 5.74) is 0.529. The van der Waals surface area contributed by atoms with Crippen LogP contribution in [0.4, 0.5) is 0 Å². The molecule has 0 aromatic carbocycles. The molecular formula is C12H13N3O3. The van der Waals surface area contributed by atoms with Crippen molar-refractivity contribution < 1.29 is 14.6 Å². The molecule has 6 nitrogen and oxygen atoms in total. The Balaban J connectivity index is 2.08. The van der Waals surface area contributed by atoms with E-state index in [4.69, 9.17) is 9.84 Å². The van der Waals surface area contributed by atoms with E-state index in [1.54, 1.807) is 16.7 Å². The number of carboxylic acid groups (broad SMARTS) is 1. The highest BCUT2D eigenvalue weighted by Gasteiger charge is 2.23. The lowest BCUT2D eigenvalue weighted by atomic mass is 10.1. The molecule has 1 N–H and O–H groups in total. The van der Waals surface area contributed by atoms with Crippen LogP contribution in [0, 0.1) is 0 Å². The molecule has 3 heterocycles. The Morgan fingerprint density at radius 2 is 2.33 bits per heavy atom. The SMILES string of the molecule is O=C(O)c1cccn2c(C3CCCCO3)nnc12. The standard InChI is InChI=1S/C12H13N3O3/c16-12(17)8-4-3-6-15-10(8)13-14-11(15)9-5-1-2-7-18-9/h3-4,6,9H,1-2,5,7H2,(H,16,17). The minimum absolute atomic E-state index is 0.0854. The van der Waals surface area contributed by atoms with E-state index in [0.717, 1.165) is 25.9 Å². The van der Waals surface area contributed by atoms with Gasteiger partial charge in [0, 0.05) is 12.8 Å². The number of pyridine rings is 1. The van der Waals surface area contributed by atoms with Crippen LogP contribution in [0.2, 0.25) is 0 Å². The number of carbonyl (C=O) groups is 1. The number of nitrogens with zero attached hydrogens (tertiary/aromatic N) is 3. The summed E-state index contributed by atoms with van der Waals surface area (Å²) in [4.78, 5) is 11.1. The van der Waals surface area contributed by atoms with Crippen molar-refractivity contribution in [2.45, 2.75) is 25.4 Å². The minimum atomic E-state index is -0.996. The van der Waals surface area contributed by atoms with E-state index in [2.05, 4.69) is 10.2 Å². The topological polar surface area (TPSA) is 76.7 Å². The zero-order valence-corrected chi connectivity index (χ0v) is 9.74. The van der Waals surface area contributed by atoms with E-state index >= 15 is 0 Å². The van der Waals surface area contributed by atoms with Crippen LogP contribution in [0.5, 0.6) is 0 Å². The minimum Gasteiger partial charge on any atom is -0.478 e. The third-order valence-electron chi connectivity index (χ3n) is 3.16. The summed E-state index contributed by atoms with van der Waals surface area (Å²) in [6.45, 7) is 0.720. The summed E-state index contributed by atoms with van der Waals surface area (Å²) in [6, 6.07) is 3.21. The number of hydrogen-bond acceptors (Lipinski definition) is 4. The number of hydrogen-bond donors (Lipinski definition) is 1. The quantitative estimate of drug-likeness (QED) is 0.873. The Labute approximate surface area is 103 Å². The van der Waals surface area contributed by atoms with Crippen molar-refractivity contribution in [1.29, 1.82) is 0 Å². The summed E-state index contributed by atoms with van der Waals surface area (Å²) in [5, 5.41) is 17.1. The Morgan fingerprint density at radius 3 is 3.06 bits per heavy atom. The second kappa shape index (κ2) is 4.38. The van der Waals surface area contributed by atoms with Gasteiger partial charge in [-0.2, -0.15) is 0 Å². The van der Waals surface area contributed by atoms with Crippen LogP contribution in [0.3, 0.4) is 0 Å². The average Bonchev–Trinajstić information content (AvgIpc) is 2.83. The van der Waals surface area contributed by atoms with E-state index < -0.39 is 5.97 Å². The van der Waals surface area contributed by atoms with Gasteiger partial charge in [-0.25, -0.2) is 4.79 Å². The maximum absolute atomic E-state index is 11.1. The van der Waals surface area contributed by atoms with Crippen molar-refractivity contribution in [1.82, 2.24) is 14.6 Å². The lowest BCUT2D eigenvalue weighted by Gasteiger charge is -2.20. The van der Waals surface area contributed by atoms with Gasteiger partial charge in [0.1, 0.15) is 11.7 Å². The molecule has 0 bridgehead atoms. The number of ether oxygens (including phenoxy) is 1. The molecule has 1 saturated heterocycles. The number of carboxylic acids is 1. The number of rotatable bonds is 2. The maximum Gasteiger partial charge on any atom is 0.339 e. The second-order valence-corrected chi connectivity index (χ2v) is 4.33.